The van der Waals surface area contributed by atoms with Gasteiger partial charge in [0.25, 0.3) is 0 Å². The lowest BCUT2D eigenvalue weighted by Gasteiger charge is -2.23. The van der Waals surface area contributed by atoms with Crippen molar-refractivity contribution in [2.24, 2.45) is 5.92 Å². The normalized spacial score (nSPS) is 13.1. The van der Waals surface area contributed by atoms with Crippen LogP contribution in [-0.2, 0) is 0 Å². The van der Waals surface area contributed by atoms with Gasteiger partial charge in [-0.2, -0.15) is 0 Å². The van der Waals surface area contributed by atoms with Gasteiger partial charge in [0, 0.05) is 14.1 Å². The smallest absolute Gasteiger partial charge is 0.0331 e. The highest BCUT2D eigenvalue weighted by molar-refractivity contribution is 14.1. The van der Waals surface area contributed by atoms with Gasteiger partial charge in [0.05, 0.1) is 0 Å². The van der Waals surface area contributed by atoms with Gasteiger partial charge in [-0.25, -0.2) is 0 Å². The Morgan fingerprint density at radius 3 is 2.47 bits per heavy atom. The fraction of sp³-hybridized carbons (Fsp3) is 0.571. The van der Waals surface area contributed by atoms with Crippen molar-refractivity contribution >= 4 is 38.5 Å². The van der Waals surface area contributed by atoms with Crippen molar-refractivity contribution in [1.82, 2.24) is 5.32 Å². The van der Waals surface area contributed by atoms with Crippen molar-refractivity contribution in [3.63, 3.8) is 0 Å². The fourth-order valence-corrected chi connectivity index (χ4v) is 3.23. The second-order valence-corrected chi connectivity index (χ2v) is 6.50. The number of halogens is 2. The summed E-state index contributed by atoms with van der Waals surface area (Å²) in [5.74, 6) is 0.808. The van der Waals surface area contributed by atoms with Gasteiger partial charge >= 0.3 is 0 Å². The molecule has 0 amide bonds. The van der Waals surface area contributed by atoms with E-state index in [1.54, 1.807) is 0 Å². The molecule has 1 atom stereocenters. The minimum atomic E-state index is 0.462. The molecule has 0 spiro atoms. The van der Waals surface area contributed by atoms with Crippen LogP contribution < -0.4 is 5.32 Å². The zero-order valence-electron chi connectivity index (χ0n) is 10.8. The number of hydrogen-bond acceptors (Lipinski definition) is 1. The Labute approximate surface area is 127 Å². The lowest BCUT2D eigenvalue weighted by molar-refractivity contribution is 0.384. The van der Waals surface area contributed by atoms with Gasteiger partial charge in [0.15, 0.2) is 0 Å². The van der Waals surface area contributed by atoms with Crippen LogP contribution in [0.1, 0.15) is 44.7 Å². The Hall–Kier alpha value is 0.390. The maximum atomic E-state index is 3.56. The molecule has 0 aliphatic rings. The molecule has 1 aromatic carbocycles. The summed E-state index contributed by atoms with van der Waals surface area (Å²) >= 11 is 5.99. The van der Waals surface area contributed by atoms with Gasteiger partial charge in [-0.05, 0) is 65.7 Å². The van der Waals surface area contributed by atoms with Gasteiger partial charge < -0.3 is 5.32 Å². The van der Waals surface area contributed by atoms with Gasteiger partial charge in [0.1, 0.15) is 0 Å². The molecule has 3 heteroatoms. The molecule has 0 fully saturated rings. The zero-order chi connectivity index (χ0) is 12.8. The van der Waals surface area contributed by atoms with E-state index in [2.05, 4.69) is 82.9 Å². The first kappa shape index (κ1) is 15.4. The summed E-state index contributed by atoms with van der Waals surface area (Å²) in [6.07, 6.45) is 3.74. The highest BCUT2D eigenvalue weighted by Crippen LogP contribution is 2.30. The number of benzene rings is 1. The van der Waals surface area contributed by atoms with Crippen molar-refractivity contribution in [1.29, 1.82) is 0 Å². The molecule has 1 nitrogen and oxygen atoms in total. The highest BCUT2D eigenvalue weighted by Gasteiger charge is 2.16. The molecule has 1 aromatic rings. The molecule has 1 rings (SSSR count). The Morgan fingerprint density at radius 1 is 1.29 bits per heavy atom. The van der Waals surface area contributed by atoms with Crippen LogP contribution in [0, 0.1) is 9.49 Å². The second kappa shape index (κ2) is 7.74. The van der Waals surface area contributed by atoms with Crippen LogP contribution in [0.2, 0.25) is 0 Å². The summed E-state index contributed by atoms with van der Waals surface area (Å²) in [7, 11) is 2.06. The van der Waals surface area contributed by atoms with Crippen molar-refractivity contribution in [3.8, 4) is 0 Å². The summed E-state index contributed by atoms with van der Waals surface area (Å²) in [6.45, 7) is 4.57. The third-order valence-corrected chi connectivity index (χ3v) is 4.88. The minimum absolute atomic E-state index is 0.462. The number of nitrogens with one attached hydrogen (secondary N) is 1. The fourth-order valence-electron chi connectivity index (χ4n) is 2.14. The van der Waals surface area contributed by atoms with E-state index in [1.165, 1.54) is 28.4 Å². The quantitative estimate of drug-likeness (QED) is 0.641. The average Bonchev–Trinajstić information content (AvgIpc) is 2.34. The molecule has 0 aliphatic carbocycles. The summed E-state index contributed by atoms with van der Waals surface area (Å²) in [4.78, 5) is 0. The lowest BCUT2D eigenvalue weighted by atomic mass is 9.91. The first-order chi connectivity index (χ1) is 8.12. The molecule has 17 heavy (non-hydrogen) atoms. The molecule has 0 aromatic heterocycles. The van der Waals surface area contributed by atoms with E-state index in [4.69, 9.17) is 0 Å². The molecule has 0 bridgehead atoms. The monoisotopic (exact) mass is 409 g/mol. The predicted molar refractivity (Wildman–Crippen MR) is 87.3 cm³/mol. The summed E-state index contributed by atoms with van der Waals surface area (Å²) in [6, 6.07) is 6.99. The van der Waals surface area contributed by atoms with Crippen molar-refractivity contribution in [2.75, 3.05) is 7.05 Å². The molecule has 0 heterocycles. The zero-order valence-corrected chi connectivity index (χ0v) is 14.5. The van der Waals surface area contributed by atoms with E-state index < -0.39 is 0 Å². The van der Waals surface area contributed by atoms with Gasteiger partial charge in [-0.15, -0.1) is 0 Å². The Morgan fingerprint density at radius 2 is 1.94 bits per heavy atom. The molecule has 0 radical (unpaired) electrons. The van der Waals surface area contributed by atoms with Gasteiger partial charge in [-0.3, -0.25) is 0 Å². The van der Waals surface area contributed by atoms with E-state index in [0.29, 0.717) is 6.04 Å². The van der Waals surface area contributed by atoms with Crippen molar-refractivity contribution in [2.45, 2.75) is 39.2 Å². The molecule has 0 saturated carbocycles. The van der Waals surface area contributed by atoms with Crippen LogP contribution >= 0.6 is 38.5 Å². The standard InChI is InChI=1S/C14H21BrIN/c1-4-10(5-2)8-14(17-3)12-9-11(15)6-7-13(12)16/h6-7,9-10,14,17H,4-5,8H2,1-3H3. The minimum Gasteiger partial charge on any atom is -0.313 e. The first-order valence-corrected chi connectivity index (χ1v) is 8.11. The van der Waals surface area contributed by atoms with Crippen LogP contribution in [0.5, 0.6) is 0 Å². The third kappa shape index (κ3) is 4.52. The molecule has 1 N–H and O–H groups in total. The van der Waals surface area contributed by atoms with E-state index in [1.807, 2.05) is 0 Å². The molecule has 96 valence electrons. The number of rotatable bonds is 6. The van der Waals surface area contributed by atoms with Gasteiger partial charge in [0.2, 0.25) is 0 Å². The molecular formula is C14H21BrIN. The van der Waals surface area contributed by atoms with E-state index >= 15 is 0 Å². The van der Waals surface area contributed by atoms with Crippen LogP contribution in [0.3, 0.4) is 0 Å². The van der Waals surface area contributed by atoms with Crippen molar-refractivity contribution < 1.29 is 0 Å². The maximum Gasteiger partial charge on any atom is 0.0331 e. The predicted octanol–water partition coefficient (Wildman–Crippen LogP) is 5.14. The van der Waals surface area contributed by atoms with Crippen LogP contribution in [0.4, 0.5) is 0 Å². The van der Waals surface area contributed by atoms with Crippen molar-refractivity contribution in [3.05, 3.63) is 31.8 Å². The molecule has 0 saturated heterocycles. The van der Waals surface area contributed by atoms with E-state index in [9.17, 15) is 0 Å². The Bertz CT molecular complexity index is 350. The SMILES string of the molecule is CCC(CC)CC(NC)c1cc(Br)ccc1I. The largest absolute Gasteiger partial charge is 0.313 e. The van der Waals surface area contributed by atoms with Gasteiger partial charge in [-0.1, -0.05) is 42.6 Å². The highest BCUT2D eigenvalue weighted by atomic mass is 127. The van der Waals surface area contributed by atoms with E-state index in [-0.39, 0.29) is 0 Å². The molecular weight excluding hydrogens is 389 g/mol. The average molecular weight is 410 g/mol. The second-order valence-electron chi connectivity index (χ2n) is 4.43. The van der Waals surface area contributed by atoms with Crippen LogP contribution in [-0.4, -0.2) is 7.05 Å². The van der Waals surface area contributed by atoms with E-state index in [0.717, 1.165) is 10.4 Å². The summed E-state index contributed by atoms with van der Waals surface area (Å²) < 4.78 is 2.51. The summed E-state index contributed by atoms with van der Waals surface area (Å²) in [5.41, 5.74) is 1.41. The third-order valence-electron chi connectivity index (χ3n) is 3.41. The summed E-state index contributed by atoms with van der Waals surface area (Å²) in [5, 5.41) is 3.46. The molecule has 0 aliphatic heterocycles. The topological polar surface area (TPSA) is 12.0 Å². The molecule has 1 unspecified atom stereocenters. The first-order valence-electron chi connectivity index (χ1n) is 6.24. The van der Waals surface area contributed by atoms with Crippen LogP contribution in [0.25, 0.3) is 0 Å². The Balaban J connectivity index is 2.89. The Kier molecular flexibility index (Phi) is 7.04. The lowest BCUT2D eigenvalue weighted by Crippen LogP contribution is -2.20. The maximum absolute atomic E-state index is 3.56. The number of hydrogen-bond donors (Lipinski definition) is 1. The van der Waals surface area contributed by atoms with Crippen LogP contribution in [0.15, 0.2) is 22.7 Å².